The first-order valence-corrected chi connectivity index (χ1v) is 4.31. The largest absolute Gasteiger partial charge is 0.359 e. The van der Waals surface area contributed by atoms with E-state index < -0.39 is 17.1 Å². The summed E-state index contributed by atoms with van der Waals surface area (Å²) in [4.78, 5) is 23.4. The molecule has 0 radical (unpaired) electrons. The Morgan fingerprint density at radius 1 is 1.57 bits per heavy atom. The van der Waals surface area contributed by atoms with Gasteiger partial charge >= 0.3 is 5.69 Å². The smallest absolute Gasteiger partial charge is 0.330 e. The number of ether oxygens (including phenoxy) is 1. The van der Waals surface area contributed by atoms with Crippen molar-refractivity contribution in [3.63, 3.8) is 0 Å². The van der Waals surface area contributed by atoms with Crippen molar-refractivity contribution in [2.75, 3.05) is 12.5 Å². The SMILES string of the molecule is O=c1[nH]c(=O)n(COCCCl)cc1F. The van der Waals surface area contributed by atoms with Gasteiger partial charge in [-0.15, -0.1) is 11.6 Å². The molecule has 7 heteroatoms. The normalized spacial score (nSPS) is 10.4. The van der Waals surface area contributed by atoms with Crippen LogP contribution in [0.1, 0.15) is 0 Å². The lowest BCUT2D eigenvalue weighted by Gasteiger charge is -2.04. The standard InChI is InChI=1S/C7H8ClFN2O3/c8-1-2-14-4-11-3-5(9)6(12)10-7(11)13/h3H,1-2,4H2,(H,10,12,13). The van der Waals surface area contributed by atoms with E-state index in [1.54, 1.807) is 4.98 Å². The second kappa shape index (κ2) is 4.92. The Hall–Kier alpha value is -1.14. The fourth-order valence-corrected chi connectivity index (χ4v) is 0.905. The van der Waals surface area contributed by atoms with Crippen LogP contribution in [0, 0.1) is 5.82 Å². The van der Waals surface area contributed by atoms with E-state index in [2.05, 4.69) is 0 Å². The predicted molar refractivity (Wildman–Crippen MR) is 48.0 cm³/mol. The van der Waals surface area contributed by atoms with Gasteiger partial charge in [0, 0.05) is 5.88 Å². The zero-order valence-electron chi connectivity index (χ0n) is 7.13. The van der Waals surface area contributed by atoms with Crippen LogP contribution in [-0.2, 0) is 11.5 Å². The summed E-state index contributed by atoms with van der Waals surface area (Å²) in [5, 5.41) is 0. The van der Waals surface area contributed by atoms with Gasteiger partial charge in [0.1, 0.15) is 6.73 Å². The summed E-state index contributed by atoms with van der Waals surface area (Å²) >= 11 is 5.32. The number of nitrogens with zero attached hydrogens (tertiary/aromatic N) is 1. The third kappa shape index (κ3) is 2.68. The predicted octanol–water partition coefficient (Wildman–Crippen LogP) is -0.111. The van der Waals surface area contributed by atoms with Crippen molar-refractivity contribution in [1.82, 2.24) is 9.55 Å². The van der Waals surface area contributed by atoms with E-state index in [-0.39, 0.29) is 19.2 Å². The molecule has 0 amide bonds. The number of nitrogens with one attached hydrogen (secondary N) is 1. The van der Waals surface area contributed by atoms with Gasteiger partial charge in [-0.2, -0.15) is 4.39 Å². The Kier molecular flexibility index (Phi) is 3.84. The average molecular weight is 223 g/mol. The monoisotopic (exact) mass is 222 g/mol. The second-order valence-corrected chi connectivity index (χ2v) is 2.81. The van der Waals surface area contributed by atoms with Crippen LogP contribution < -0.4 is 11.2 Å². The maximum atomic E-state index is 12.7. The molecule has 1 N–H and O–H groups in total. The van der Waals surface area contributed by atoms with Crippen molar-refractivity contribution in [1.29, 1.82) is 0 Å². The van der Waals surface area contributed by atoms with Gasteiger partial charge in [-0.3, -0.25) is 14.3 Å². The average Bonchev–Trinajstić information content (AvgIpc) is 2.14. The number of alkyl halides is 1. The van der Waals surface area contributed by atoms with Gasteiger partial charge in [0.05, 0.1) is 12.8 Å². The second-order valence-electron chi connectivity index (χ2n) is 2.43. The highest BCUT2D eigenvalue weighted by atomic mass is 35.5. The van der Waals surface area contributed by atoms with Crippen molar-refractivity contribution in [3.05, 3.63) is 32.9 Å². The molecule has 0 fully saturated rings. The van der Waals surface area contributed by atoms with Gasteiger partial charge < -0.3 is 4.74 Å². The molecule has 0 saturated heterocycles. The third-order valence-corrected chi connectivity index (χ3v) is 1.57. The molecule has 0 aliphatic heterocycles. The molecule has 0 saturated carbocycles. The van der Waals surface area contributed by atoms with Gasteiger partial charge in [0.25, 0.3) is 5.56 Å². The Bertz CT molecular complexity index is 414. The first kappa shape index (κ1) is 10.9. The van der Waals surface area contributed by atoms with E-state index in [4.69, 9.17) is 16.3 Å². The maximum absolute atomic E-state index is 12.7. The minimum absolute atomic E-state index is 0.140. The van der Waals surface area contributed by atoms with E-state index in [1.165, 1.54) is 0 Å². The van der Waals surface area contributed by atoms with Crippen LogP contribution in [0.25, 0.3) is 0 Å². The highest BCUT2D eigenvalue weighted by molar-refractivity contribution is 6.17. The number of hydrogen-bond donors (Lipinski definition) is 1. The maximum Gasteiger partial charge on any atom is 0.330 e. The number of hydrogen-bond acceptors (Lipinski definition) is 3. The number of halogens is 2. The lowest BCUT2D eigenvalue weighted by molar-refractivity contribution is 0.0849. The Balaban J connectivity index is 2.82. The summed E-state index contributed by atoms with van der Waals surface area (Å²) in [6.07, 6.45) is 0.787. The van der Waals surface area contributed by atoms with Crippen molar-refractivity contribution >= 4 is 11.6 Å². The van der Waals surface area contributed by atoms with Crippen LogP contribution in [0.3, 0.4) is 0 Å². The number of aromatic amines is 1. The molecule has 1 rings (SSSR count). The van der Waals surface area contributed by atoms with E-state index in [0.29, 0.717) is 0 Å². The molecule has 1 aromatic rings. The van der Waals surface area contributed by atoms with Crippen LogP contribution in [0.4, 0.5) is 4.39 Å². The Morgan fingerprint density at radius 3 is 2.93 bits per heavy atom. The quantitative estimate of drug-likeness (QED) is 0.571. The van der Waals surface area contributed by atoms with Crippen molar-refractivity contribution in [3.8, 4) is 0 Å². The van der Waals surface area contributed by atoms with Crippen molar-refractivity contribution < 1.29 is 9.13 Å². The summed E-state index contributed by atoms with van der Waals surface area (Å²) in [5.41, 5.74) is -1.76. The highest BCUT2D eigenvalue weighted by Gasteiger charge is 2.02. The fraction of sp³-hybridized carbons (Fsp3) is 0.429. The summed E-state index contributed by atoms with van der Waals surface area (Å²) in [5.74, 6) is -0.750. The van der Waals surface area contributed by atoms with Crippen molar-refractivity contribution in [2.45, 2.75) is 6.73 Å². The summed E-state index contributed by atoms with van der Waals surface area (Å²) < 4.78 is 18.5. The van der Waals surface area contributed by atoms with Crippen LogP contribution in [-0.4, -0.2) is 22.0 Å². The first-order valence-electron chi connectivity index (χ1n) is 3.78. The Labute approximate surface area is 83.1 Å². The van der Waals surface area contributed by atoms with Crippen LogP contribution >= 0.6 is 11.6 Å². The minimum atomic E-state index is -1.04. The summed E-state index contributed by atoms with van der Waals surface area (Å²) in [6.45, 7) is 0.105. The lowest BCUT2D eigenvalue weighted by atomic mass is 10.6. The number of H-pyrrole nitrogens is 1. The lowest BCUT2D eigenvalue weighted by Crippen LogP contribution is -2.32. The minimum Gasteiger partial charge on any atom is -0.359 e. The van der Waals surface area contributed by atoms with E-state index in [9.17, 15) is 14.0 Å². The molecular weight excluding hydrogens is 215 g/mol. The fourth-order valence-electron chi connectivity index (χ4n) is 0.796. The zero-order valence-corrected chi connectivity index (χ0v) is 7.88. The van der Waals surface area contributed by atoms with Crippen LogP contribution in [0.2, 0.25) is 0 Å². The van der Waals surface area contributed by atoms with Gasteiger partial charge in [0.2, 0.25) is 5.82 Å². The molecule has 1 heterocycles. The molecule has 1 aromatic heterocycles. The highest BCUT2D eigenvalue weighted by Crippen LogP contribution is 1.86. The first-order chi connectivity index (χ1) is 6.65. The molecule has 5 nitrogen and oxygen atoms in total. The number of rotatable bonds is 4. The van der Waals surface area contributed by atoms with Crippen LogP contribution in [0.15, 0.2) is 15.8 Å². The molecule has 0 bridgehead atoms. The van der Waals surface area contributed by atoms with E-state index in [1.807, 2.05) is 0 Å². The molecule has 0 aliphatic carbocycles. The van der Waals surface area contributed by atoms with Gasteiger partial charge in [-0.25, -0.2) is 4.79 Å². The van der Waals surface area contributed by atoms with Gasteiger partial charge in [0.15, 0.2) is 0 Å². The topological polar surface area (TPSA) is 64.1 Å². The van der Waals surface area contributed by atoms with Crippen molar-refractivity contribution in [2.24, 2.45) is 0 Å². The molecular formula is C7H8ClFN2O3. The summed E-state index contributed by atoms with van der Waals surface area (Å²) in [6, 6.07) is 0. The molecule has 0 spiro atoms. The van der Waals surface area contributed by atoms with E-state index >= 15 is 0 Å². The summed E-state index contributed by atoms with van der Waals surface area (Å²) in [7, 11) is 0. The molecule has 14 heavy (non-hydrogen) atoms. The zero-order chi connectivity index (χ0) is 10.6. The third-order valence-electron chi connectivity index (χ3n) is 1.42. The van der Waals surface area contributed by atoms with E-state index in [0.717, 1.165) is 10.8 Å². The van der Waals surface area contributed by atoms with Gasteiger partial charge in [-0.05, 0) is 0 Å². The molecule has 0 aliphatic rings. The Morgan fingerprint density at radius 2 is 2.29 bits per heavy atom. The molecule has 0 unspecified atom stereocenters. The number of aromatic nitrogens is 2. The van der Waals surface area contributed by atoms with Crippen LogP contribution in [0.5, 0.6) is 0 Å². The molecule has 0 aromatic carbocycles. The molecule has 0 atom stereocenters. The molecule has 78 valence electrons. The van der Waals surface area contributed by atoms with Gasteiger partial charge in [-0.1, -0.05) is 0 Å².